The molecule has 0 atom stereocenters. The Morgan fingerprint density at radius 3 is 2.94 bits per heavy atom. The van der Waals surface area contributed by atoms with E-state index in [0.717, 1.165) is 37.1 Å². The topological polar surface area (TPSA) is 28.2 Å². The zero-order valence-electron chi connectivity index (χ0n) is 10.5. The van der Waals surface area contributed by atoms with Crippen LogP contribution < -0.4 is 5.32 Å². The molecule has 1 aromatic heterocycles. The minimum Gasteiger partial charge on any atom is -0.308 e. The van der Waals surface area contributed by atoms with E-state index in [-0.39, 0.29) is 0 Å². The van der Waals surface area contributed by atoms with Gasteiger partial charge in [-0.2, -0.15) is 0 Å². The summed E-state index contributed by atoms with van der Waals surface area (Å²) in [5.41, 5.74) is 2.27. The number of nitrogens with one attached hydrogen (secondary N) is 1. The summed E-state index contributed by atoms with van der Waals surface area (Å²) in [6.45, 7) is 6.41. The molecule has 0 unspecified atom stereocenters. The van der Waals surface area contributed by atoms with Crippen LogP contribution in [-0.2, 0) is 13.1 Å². The second-order valence-electron chi connectivity index (χ2n) is 4.76. The van der Waals surface area contributed by atoms with Crippen LogP contribution in [0.3, 0.4) is 0 Å². The third-order valence-electron chi connectivity index (χ3n) is 2.89. The van der Waals surface area contributed by atoms with Crippen LogP contribution in [-0.4, -0.2) is 29.5 Å². The fourth-order valence-corrected chi connectivity index (χ4v) is 1.81. The van der Waals surface area contributed by atoms with Crippen LogP contribution in [0.1, 0.15) is 24.2 Å². The summed E-state index contributed by atoms with van der Waals surface area (Å²) in [5.74, 6) is 0. The van der Waals surface area contributed by atoms with Crippen molar-refractivity contribution in [2.24, 2.45) is 0 Å². The van der Waals surface area contributed by atoms with Crippen molar-refractivity contribution in [3.8, 4) is 0 Å². The van der Waals surface area contributed by atoms with Crippen molar-refractivity contribution < 1.29 is 0 Å². The highest BCUT2D eigenvalue weighted by atomic mass is 15.1. The summed E-state index contributed by atoms with van der Waals surface area (Å²) in [6, 6.07) is 7.00. The minimum absolute atomic E-state index is 0.740. The number of hydrogen-bond donors (Lipinski definition) is 1. The van der Waals surface area contributed by atoms with E-state index in [1.165, 1.54) is 12.8 Å². The minimum atomic E-state index is 0.740. The van der Waals surface area contributed by atoms with E-state index in [9.17, 15) is 0 Å². The molecule has 0 saturated heterocycles. The Morgan fingerprint density at radius 2 is 2.24 bits per heavy atom. The molecule has 1 aliphatic carbocycles. The molecule has 0 radical (unpaired) electrons. The van der Waals surface area contributed by atoms with Gasteiger partial charge in [-0.25, -0.2) is 0 Å². The zero-order valence-corrected chi connectivity index (χ0v) is 10.5. The molecule has 0 aliphatic heterocycles. The zero-order chi connectivity index (χ0) is 12.1. The van der Waals surface area contributed by atoms with Crippen LogP contribution in [0.2, 0.25) is 0 Å². The monoisotopic (exact) mass is 231 g/mol. The van der Waals surface area contributed by atoms with Gasteiger partial charge in [-0.15, -0.1) is 6.58 Å². The molecule has 1 saturated carbocycles. The number of likely N-dealkylation sites (N-methyl/N-ethyl adjacent to an activating group) is 1. The Balaban J connectivity index is 1.87. The Kier molecular flexibility index (Phi) is 4.29. The fourth-order valence-electron chi connectivity index (χ4n) is 1.81. The lowest BCUT2D eigenvalue weighted by Gasteiger charge is -2.14. The van der Waals surface area contributed by atoms with Crippen molar-refractivity contribution in [1.82, 2.24) is 15.2 Å². The smallest absolute Gasteiger partial charge is 0.0547 e. The Morgan fingerprint density at radius 1 is 1.47 bits per heavy atom. The first-order chi connectivity index (χ1) is 8.28. The number of nitrogens with zero attached hydrogens (tertiary/aromatic N) is 2. The fraction of sp³-hybridized carbons (Fsp3) is 0.500. The lowest BCUT2D eigenvalue weighted by atomic mass is 10.3. The molecule has 0 spiro atoms. The molecular formula is C14H21N3. The molecule has 0 bridgehead atoms. The number of hydrogen-bond acceptors (Lipinski definition) is 3. The summed E-state index contributed by atoms with van der Waals surface area (Å²) in [5, 5.41) is 3.49. The first-order valence-corrected chi connectivity index (χ1v) is 6.25. The van der Waals surface area contributed by atoms with Crippen molar-refractivity contribution in [1.29, 1.82) is 0 Å². The van der Waals surface area contributed by atoms with Crippen LogP contribution >= 0.6 is 0 Å². The van der Waals surface area contributed by atoms with Crippen molar-refractivity contribution in [3.63, 3.8) is 0 Å². The standard InChI is InChI=1S/C14H21N3/c1-3-9-17(2)11-14-6-4-5-13(16-14)10-15-12-7-8-12/h3-6,12,15H,1,7-11H2,2H3. The maximum Gasteiger partial charge on any atom is 0.0547 e. The largest absolute Gasteiger partial charge is 0.308 e. The van der Waals surface area contributed by atoms with E-state index < -0.39 is 0 Å². The first kappa shape index (κ1) is 12.3. The lowest BCUT2D eigenvalue weighted by Crippen LogP contribution is -2.20. The van der Waals surface area contributed by atoms with Crippen LogP contribution in [0.5, 0.6) is 0 Å². The second kappa shape index (κ2) is 5.94. The van der Waals surface area contributed by atoms with E-state index in [1.54, 1.807) is 0 Å². The van der Waals surface area contributed by atoms with Gasteiger partial charge in [0.1, 0.15) is 0 Å². The van der Waals surface area contributed by atoms with Crippen LogP contribution in [0.4, 0.5) is 0 Å². The molecule has 1 aromatic rings. The molecule has 3 nitrogen and oxygen atoms in total. The van der Waals surface area contributed by atoms with Gasteiger partial charge in [0.15, 0.2) is 0 Å². The average molecular weight is 231 g/mol. The van der Waals surface area contributed by atoms with Gasteiger partial charge in [0.05, 0.1) is 11.4 Å². The summed E-state index contributed by atoms with van der Waals surface area (Å²) in [6.07, 6.45) is 4.56. The maximum absolute atomic E-state index is 4.66. The first-order valence-electron chi connectivity index (χ1n) is 6.25. The number of rotatable bonds is 7. The average Bonchev–Trinajstić information content (AvgIpc) is 3.11. The predicted molar refractivity (Wildman–Crippen MR) is 70.6 cm³/mol. The van der Waals surface area contributed by atoms with Crippen molar-refractivity contribution in [3.05, 3.63) is 42.2 Å². The van der Waals surface area contributed by atoms with E-state index in [4.69, 9.17) is 0 Å². The van der Waals surface area contributed by atoms with Crippen LogP contribution in [0, 0.1) is 0 Å². The van der Waals surface area contributed by atoms with Crippen molar-refractivity contribution in [2.75, 3.05) is 13.6 Å². The van der Waals surface area contributed by atoms with E-state index in [2.05, 4.69) is 47.0 Å². The number of pyridine rings is 1. The van der Waals surface area contributed by atoms with Crippen molar-refractivity contribution in [2.45, 2.75) is 32.0 Å². The number of aromatic nitrogens is 1. The SMILES string of the molecule is C=CCN(C)Cc1cccc(CNC2CC2)n1. The van der Waals surface area contributed by atoms with Gasteiger partial charge >= 0.3 is 0 Å². The van der Waals surface area contributed by atoms with Crippen molar-refractivity contribution >= 4 is 0 Å². The maximum atomic E-state index is 4.66. The van der Waals surface area contributed by atoms with Gasteiger partial charge in [-0.3, -0.25) is 9.88 Å². The van der Waals surface area contributed by atoms with Gasteiger partial charge in [0.2, 0.25) is 0 Å². The van der Waals surface area contributed by atoms with Gasteiger partial charge in [-0.1, -0.05) is 12.1 Å². The third-order valence-corrected chi connectivity index (χ3v) is 2.89. The quantitative estimate of drug-likeness (QED) is 0.727. The molecule has 1 N–H and O–H groups in total. The summed E-state index contributed by atoms with van der Waals surface area (Å²) in [7, 11) is 2.08. The molecule has 0 aromatic carbocycles. The molecule has 1 heterocycles. The summed E-state index contributed by atoms with van der Waals surface area (Å²) in [4.78, 5) is 6.86. The highest BCUT2D eigenvalue weighted by Crippen LogP contribution is 2.19. The molecule has 1 aliphatic rings. The molecule has 2 rings (SSSR count). The molecule has 1 fully saturated rings. The summed E-state index contributed by atoms with van der Waals surface area (Å²) < 4.78 is 0. The molecule has 3 heteroatoms. The van der Waals surface area contributed by atoms with E-state index in [1.807, 2.05) is 6.08 Å². The second-order valence-corrected chi connectivity index (χ2v) is 4.76. The molecule has 17 heavy (non-hydrogen) atoms. The van der Waals surface area contributed by atoms with E-state index >= 15 is 0 Å². The molecule has 0 amide bonds. The lowest BCUT2D eigenvalue weighted by molar-refractivity contribution is 0.358. The highest BCUT2D eigenvalue weighted by molar-refractivity contribution is 5.11. The van der Waals surface area contributed by atoms with Gasteiger partial charge in [0.25, 0.3) is 0 Å². The van der Waals surface area contributed by atoms with E-state index in [0.29, 0.717) is 0 Å². The van der Waals surface area contributed by atoms with Gasteiger partial charge < -0.3 is 5.32 Å². The van der Waals surface area contributed by atoms with Crippen LogP contribution in [0.25, 0.3) is 0 Å². The molecule has 92 valence electrons. The molecular weight excluding hydrogens is 210 g/mol. The third kappa shape index (κ3) is 4.29. The highest BCUT2D eigenvalue weighted by Gasteiger charge is 2.20. The van der Waals surface area contributed by atoms with Crippen LogP contribution in [0.15, 0.2) is 30.9 Å². The van der Waals surface area contributed by atoms with Gasteiger partial charge in [0, 0.05) is 25.7 Å². The Bertz CT molecular complexity index is 371. The van der Waals surface area contributed by atoms with Gasteiger partial charge in [-0.05, 0) is 32.0 Å². The normalized spacial score (nSPS) is 15.2. The summed E-state index contributed by atoms with van der Waals surface area (Å²) >= 11 is 0. The Labute approximate surface area is 104 Å². The Hall–Kier alpha value is -1.19. The predicted octanol–water partition coefficient (Wildman–Crippen LogP) is 1.95.